The summed E-state index contributed by atoms with van der Waals surface area (Å²) in [6, 6.07) is 0. The molecule has 0 heterocycles. The molecule has 0 radical (unpaired) electrons. The third kappa shape index (κ3) is 23.6. The molecule has 0 spiro atoms. The molecule has 0 aliphatic rings. The van der Waals surface area contributed by atoms with E-state index >= 15 is 0 Å². The van der Waals surface area contributed by atoms with Crippen molar-refractivity contribution < 1.29 is 19.4 Å². The van der Waals surface area contributed by atoms with Gasteiger partial charge in [0.05, 0.1) is 12.3 Å². The van der Waals surface area contributed by atoms with Crippen LogP contribution < -0.4 is 0 Å². The predicted octanol–water partition coefficient (Wildman–Crippen LogP) is 9.18. The van der Waals surface area contributed by atoms with E-state index in [9.17, 15) is 14.7 Å². The maximum absolute atomic E-state index is 11.6. The molecule has 34 heavy (non-hydrogen) atoms. The van der Waals surface area contributed by atoms with Crippen LogP contribution in [-0.4, -0.2) is 23.7 Å². The first-order chi connectivity index (χ1) is 16.6. The van der Waals surface area contributed by atoms with Gasteiger partial charge in [0, 0.05) is 0 Å². The van der Waals surface area contributed by atoms with E-state index in [0.29, 0.717) is 6.42 Å². The van der Waals surface area contributed by atoms with Gasteiger partial charge in [0.1, 0.15) is 6.61 Å². The Bertz CT molecular complexity index is 512. The van der Waals surface area contributed by atoms with Crippen LogP contribution >= 0.6 is 0 Å². The molecule has 0 aromatic rings. The molecule has 4 nitrogen and oxygen atoms in total. The number of unbranched alkanes of at least 4 members (excludes halogenated alkanes) is 17. The maximum atomic E-state index is 11.6. The smallest absolute Gasteiger partial charge is 0.307 e. The molecule has 0 fully saturated rings. The number of carbonyl (C=O) groups is 2. The quantitative estimate of drug-likeness (QED) is 0.0764. The lowest BCUT2D eigenvalue weighted by molar-refractivity contribution is -0.151. The van der Waals surface area contributed by atoms with Crippen molar-refractivity contribution in [3.8, 4) is 0 Å². The van der Waals surface area contributed by atoms with E-state index in [-0.39, 0.29) is 13.0 Å². The molecule has 1 unspecified atom stereocenters. The normalized spacial score (nSPS) is 12.1. The molecule has 1 atom stereocenters. The van der Waals surface area contributed by atoms with Crippen molar-refractivity contribution in [2.75, 3.05) is 6.61 Å². The van der Waals surface area contributed by atoms with Crippen LogP contribution in [0.15, 0.2) is 24.8 Å². The van der Waals surface area contributed by atoms with Crippen LogP contribution in [0.5, 0.6) is 0 Å². The number of carbonyl (C=O) groups excluding carboxylic acids is 1. The van der Waals surface area contributed by atoms with Gasteiger partial charge in [-0.15, -0.1) is 0 Å². The zero-order valence-electron chi connectivity index (χ0n) is 22.2. The summed E-state index contributed by atoms with van der Waals surface area (Å²) in [6.07, 6.45) is 31.2. The largest absolute Gasteiger partial charge is 0.481 e. The monoisotopic (exact) mass is 478 g/mol. The number of allylic oxidation sites excluding steroid dienone is 2. The molecule has 0 aromatic heterocycles. The molecular weight excluding hydrogens is 424 g/mol. The number of carboxylic acid groups (broad SMARTS) is 1. The van der Waals surface area contributed by atoms with Gasteiger partial charge in [-0.25, -0.2) is 0 Å². The second-order valence-electron chi connectivity index (χ2n) is 9.71. The van der Waals surface area contributed by atoms with Crippen LogP contribution in [0.25, 0.3) is 0 Å². The summed E-state index contributed by atoms with van der Waals surface area (Å²) in [4.78, 5) is 22.9. The van der Waals surface area contributed by atoms with Gasteiger partial charge in [0.2, 0.25) is 0 Å². The number of carboxylic acids is 1. The summed E-state index contributed by atoms with van der Waals surface area (Å²) in [5.74, 6) is -1.98. The Kier molecular flexibility index (Phi) is 24.8. The summed E-state index contributed by atoms with van der Waals surface area (Å²) < 4.78 is 4.90. The van der Waals surface area contributed by atoms with Crippen molar-refractivity contribution in [3.05, 3.63) is 24.8 Å². The second-order valence-corrected chi connectivity index (χ2v) is 9.71. The number of aliphatic carboxylic acids is 1. The van der Waals surface area contributed by atoms with Crippen LogP contribution in [-0.2, 0) is 14.3 Å². The molecule has 0 rings (SSSR count). The molecule has 4 heteroatoms. The van der Waals surface area contributed by atoms with E-state index in [1.807, 2.05) is 0 Å². The van der Waals surface area contributed by atoms with E-state index in [0.717, 1.165) is 19.3 Å². The lowest BCUT2D eigenvalue weighted by Gasteiger charge is -2.11. The summed E-state index contributed by atoms with van der Waals surface area (Å²) in [6.45, 7) is 5.89. The van der Waals surface area contributed by atoms with E-state index in [4.69, 9.17) is 4.74 Å². The van der Waals surface area contributed by atoms with Crippen molar-refractivity contribution >= 4 is 11.9 Å². The Morgan fingerprint density at radius 2 is 1.18 bits per heavy atom. The molecule has 0 aliphatic heterocycles. The predicted molar refractivity (Wildman–Crippen MR) is 144 cm³/mol. The third-order valence-corrected chi connectivity index (χ3v) is 6.44. The summed E-state index contributed by atoms with van der Waals surface area (Å²) in [5.41, 5.74) is 0. The first-order valence-electron chi connectivity index (χ1n) is 14.3. The molecule has 0 saturated heterocycles. The highest BCUT2D eigenvalue weighted by Crippen LogP contribution is 2.17. The summed E-state index contributed by atoms with van der Waals surface area (Å²) in [5, 5.41) is 9.28. The molecule has 1 N–H and O–H groups in total. The Balaban J connectivity index is 3.38. The van der Waals surface area contributed by atoms with Gasteiger partial charge in [-0.3, -0.25) is 9.59 Å². The van der Waals surface area contributed by atoms with Gasteiger partial charge in [-0.2, -0.15) is 0 Å². The SMILES string of the molecule is C=CCOC(=O)CC(CCCCCCCCCCCCCCC/C=C/CCCCCC)C(=O)O. The van der Waals surface area contributed by atoms with Crippen molar-refractivity contribution in [1.82, 2.24) is 0 Å². The number of esters is 1. The second kappa shape index (κ2) is 26.0. The highest BCUT2D eigenvalue weighted by Gasteiger charge is 2.21. The molecule has 0 bridgehead atoms. The van der Waals surface area contributed by atoms with Crippen LogP contribution in [0, 0.1) is 5.92 Å². The topological polar surface area (TPSA) is 63.6 Å². The first kappa shape index (κ1) is 32.4. The fourth-order valence-corrected chi connectivity index (χ4v) is 4.25. The van der Waals surface area contributed by atoms with Gasteiger partial charge in [-0.05, 0) is 32.1 Å². The zero-order valence-corrected chi connectivity index (χ0v) is 22.2. The molecule has 0 saturated carbocycles. The Morgan fingerprint density at radius 1 is 0.735 bits per heavy atom. The Morgan fingerprint density at radius 3 is 1.62 bits per heavy atom. The molecule has 0 aliphatic carbocycles. The van der Waals surface area contributed by atoms with Gasteiger partial charge in [0.15, 0.2) is 0 Å². The maximum Gasteiger partial charge on any atom is 0.307 e. The van der Waals surface area contributed by atoms with Gasteiger partial charge in [0.25, 0.3) is 0 Å². The van der Waals surface area contributed by atoms with E-state index < -0.39 is 17.9 Å². The van der Waals surface area contributed by atoms with E-state index in [2.05, 4.69) is 25.7 Å². The minimum atomic E-state index is -0.902. The first-order valence-corrected chi connectivity index (χ1v) is 14.3. The van der Waals surface area contributed by atoms with Gasteiger partial charge in [-0.1, -0.05) is 128 Å². The number of hydrogen-bond acceptors (Lipinski definition) is 3. The van der Waals surface area contributed by atoms with Crippen molar-refractivity contribution in [3.63, 3.8) is 0 Å². The van der Waals surface area contributed by atoms with Crippen molar-refractivity contribution in [2.45, 2.75) is 142 Å². The molecule has 198 valence electrons. The molecule has 0 aromatic carbocycles. The average molecular weight is 479 g/mol. The highest BCUT2D eigenvalue weighted by atomic mass is 16.5. The van der Waals surface area contributed by atoms with Gasteiger partial charge < -0.3 is 9.84 Å². The fraction of sp³-hybridized carbons (Fsp3) is 0.800. The minimum Gasteiger partial charge on any atom is -0.481 e. The summed E-state index contributed by atoms with van der Waals surface area (Å²) in [7, 11) is 0. The van der Waals surface area contributed by atoms with Crippen molar-refractivity contribution in [1.29, 1.82) is 0 Å². The minimum absolute atomic E-state index is 0.0422. The Hall–Kier alpha value is -1.58. The lowest BCUT2D eigenvalue weighted by atomic mass is 9.97. The molecule has 0 amide bonds. The van der Waals surface area contributed by atoms with E-state index in [1.54, 1.807) is 0 Å². The zero-order chi connectivity index (χ0) is 25.1. The van der Waals surface area contributed by atoms with Gasteiger partial charge >= 0.3 is 11.9 Å². The number of rotatable bonds is 26. The number of ether oxygens (including phenoxy) is 1. The Labute approximate surface area is 210 Å². The van der Waals surface area contributed by atoms with E-state index in [1.165, 1.54) is 109 Å². The lowest BCUT2D eigenvalue weighted by Crippen LogP contribution is -2.19. The van der Waals surface area contributed by atoms with Crippen LogP contribution in [0.3, 0.4) is 0 Å². The van der Waals surface area contributed by atoms with Crippen molar-refractivity contribution in [2.24, 2.45) is 5.92 Å². The summed E-state index contributed by atoms with van der Waals surface area (Å²) >= 11 is 0. The standard InChI is InChI=1S/C30H54O4/c1-3-5-6-7-8-9-10-11-12-13-14-15-16-17-18-19-20-21-22-23-24-25-28(30(32)33)27-29(31)34-26-4-2/h4,9-10,28H,2-3,5-8,11-27H2,1H3,(H,32,33)/b10-9+. The molecular formula is C30H54O4. The van der Waals surface area contributed by atoms with Crippen LogP contribution in [0.4, 0.5) is 0 Å². The van der Waals surface area contributed by atoms with Crippen LogP contribution in [0.1, 0.15) is 142 Å². The highest BCUT2D eigenvalue weighted by molar-refractivity contribution is 5.78. The fourth-order valence-electron chi connectivity index (χ4n) is 4.25. The average Bonchev–Trinajstić information content (AvgIpc) is 2.82. The number of hydrogen-bond donors (Lipinski definition) is 1. The third-order valence-electron chi connectivity index (χ3n) is 6.44. The van der Waals surface area contributed by atoms with Crippen LogP contribution in [0.2, 0.25) is 0 Å².